The first-order chi connectivity index (χ1) is 8.09. The van der Waals surface area contributed by atoms with Crippen molar-refractivity contribution in [2.45, 2.75) is 32.1 Å². The van der Waals surface area contributed by atoms with E-state index in [9.17, 15) is 4.79 Å². The van der Waals surface area contributed by atoms with Crippen molar-refractivity contribution in [3.8, 4) is 0 Å². The first kappa shape index (κ1) is 12.4. The Kier molecular flexibility index (Phi) is 3.72. The Hall–Kier alpha value is -1.02. The number of amides is 1. The monoisotopic (exact) mass is 251 g/mol. The number of halogens is 1. The van der Waals surface area contributed by atoms with Crippen LogP contribution in [0.15, 0.2) is 18.2 Å². The number of aryl methyl sites for hydroxylation is 2. The predicted molar refractivity (Wildman–Crippen MR) is 70.3 cm³/mol. The molecule has 1 fully saturated rings. The third kappa shape index (κ3) is 2.63. The molecule has 2 nitrogen and oxygen atoms in total. The van der Waals surface area contributed by atoms with Gasteiger partial charge in [-0.1, -0.05) is 23.8 Å². The standard InChI is InChI=1S/C14H18ClNO/c1-10-5-6-11(2)12(9-10)13(15)14(17)16-7-3-4-8-16/h5-6,9,13H,3-4,7-8H2,1-2H3. The molecule has 0 radical (unpaired) electrons. The summed E-state index contributed by atoms with van der Waals surface area (Å²) >= 11 is 6.32. The first-order valence-corrected chi connectivity index (χ1v) is 6.53. The maximum absolute atomic E-state index is 12.2. The van der Waals surface area contributed by atoms with E-state index in [-0.39, 0.29) is 5.91 Å². The summed E-state index contributed by atoms with van der Waals surface area (Å²) in [6, 6.07) is 6.08. The van der Waals surface area contributed by atoms with Gasteiger partial charge in [-0.25, -0.2) is 0 Å². The van der Waals surface area contributed by atoms with Crippen LogP contribution in [-0.4, -0.2) is 23.9 Å². The van der Waals surface area contributed by atoms with E-state index in [1.54, 1.807) is 0 Å². The minimum Gasteiger partial charge on any atom is -0.341 e. The molecule has 1 aliphatic rings. The van der Waals surface area contributed by atoms with Gasteiger partial charge in [0.2, 0.25) is 5.91 Å². The van der Waals surface area contributed by atoms with Gasteiger partial charge in [-0.2, -0.15) is 0 Å². The molecule has 3 heteroatoms. The topological polar surface area (TPSA) is 20.3 Å². The van der Waals surface area contributed by atoms with Gasteiger partial charge in [0.15, 0.2) is 0 Å². The van der Waals surface area contributed by atoms with E-state index in [1.807, 2.05) is 36.9 Å². The summed E-state index contributed by atoms with van der Waals surface area (Å²) in [5.41, 5.74) is 3.18. The van der Waals surface area contributed by atoms with Crippen LogP contribution in [0.4, 0.5) is 0 Å². The van der Waals surface area contributed by atoms with Crippen LogP contribution >= 0.6 is 11.6 Å². The molecular formula is C14H18ClNO. The molecule has 1 aliphatic heterocycles. The fraction of sp³-hybridized carbons (Fsp3) is 0.500. The van der Waals surface area contributed by atoms with Gasteiger partial charge in [-0.15, -0.1) is 11.6 Å². The van der Waals surface area contributed by atoms with Crippen LogP contribution in [0.5, 0.6) is 0 Å². The number of carbonyl (C=O) groups is 1. The molecule has 0 aromatic heterocycles. The zero-order valence-electron chi connectivity index (χ0n) is 10.4. The largest absolute Gasteiger partial charge is 0.341 e. The fourth-order valence-electron chi connectivity index (χ4n) is 2.26. The van der Waals surface area contributed by atoms with Crippen molar-refractivity contribution in [1.82, 2.24) is 4.90 Å². The van der Waals surface area contributed by atoms with E-state index in [2.05, 4.69) is 0 Å². The summed E-state index contributed by atoms with van der Waals surface area (Å²) < 4.78 is 0. The highest BCUT2D eigenvalue weighted by Gasteiger charge is 2.26. The van der Waals surface area contributed by atoms with Crippen LogP contribution < -0.4 is 0 Å². The summed E-state index contributed by atoms with van der Waals surface area (Å²) in [4.78, 5) is 14.1. The SMILES string of the molecule is Cc1ccc(C)c(C(Cl)C(=O)N2CCCC2)c1. The average molecular weight is 252 g/mol. The molecular weight excluding hydrogens is 234 g/mol. The molecule has 0 N–H and O–H groups in total. The molecule has 0 spiro atoms. The van der Waals surface area contributed by atoms with Gasteiger partial charge in [0, 0.05) is 13.1 Å². The van der Waals surface area contributed by atoms with Gasteiger partial charge < -0.3 is 4.90 Å². The van der Waals surface area contributed by atoms with E-state index in [4.69, 9.17) is 11.6 Å². The third-order valence-electron chi connectivity index (χ3n) is 3.34. The van der Waals surface area contributed by atoms with Crippen LogP contribution in [0.25, 0.3) is 0 Å². The van der Waals surface area contributed by atoms with Crippen LogP contribution in [0.1, 0.15) is 34.9 Å². The average Bonchev–Trinajstić information content (AvgIpc) is 2.84. The number of likely N-dealkylation sites (tertiary alicyclic amines) is 1. The lowest BCUT2D eigenvalue weighted by atomic mass is 10.0. The number of carbonyl (C=O) groups excluding carboxylic acids is 1. The van der Waals surface area contributed by atoms with Gasteiger partial charge in [-0.05, 0) is 37.8 Å². The van der Waals surface area contributed by atoms with Crippen molar-refractivity contribution in [3.05, 3.63) is 34.9 Å². The normalized spacial score (nSPS) is 17.2. The van der Waals surface area contributed by atoms with Gasteiger partial charge in [0.05, 0.1) is 0 Å². The summed E-state index contributed by atoms with van der Waals surface area (Å²) in [6.07, 6.45) is 2.20. The zero-order chi connectivity index (χ0) is 12.4. The number of alkyl halides is 1. The van der Waals surface area contributed by atoms with Gasteiger partial charge in [0.25, 0.3) is 0 Å². The number of hydrogen-bond donors (Lipinski definition) is 0. The molecule has 1 amide bonds. The van der Waals surface area contributed by atoms with E-state index >= 15 is 0 Å². The molecule has 0 aliphatic carbocycles. The summed E-state index contributed by atoms with van der Waals surface area (Å²) in [5, 5.41) is -0.534. The van der Waals surface area contributed by atoms with Crippen molar-refractivity contribution in [3.63, 3.8) is 0 Å². The van der Waals surface area contributed by atoms with E-state index in [1.165, 1.54) is 0 Å². The quantitative estimate of drug-likeness (QED) is 0.740. The Balaban J connectivity index is 2.20. The number of hydrogen-bond acceptors (Lipinski definition) is 1. The molecule has 1 aromatic rings. The molecule has 2 rings (SSSR count). The van der Waals surface area contributed by atoms with E-state index in [0.29, 0.717) is 0 Å². The Labute approximate surface area is 108 Å². The summed E-state index contributed by atoms with van der Waals surface area (Å²) in [5.74, 6) is 0.0536. The Morgan fingerprint density at radius 1 is 1.29 bits per heavy atom. The molecule has 1 unspecified atom stereocenters. The zero-order valence-corrected chi connectivity index (χ0v) is 11.1. The Morgan fingerprint density at radius 2 is 1.94 bits per heavy atom. The van der Waals surface area contributed by atoms with Crippen LogP contribution in [0.2, 0.25) is 0 Å². The van der Waals surface area contributed by atoms with E-state index < -0.39 is 5.38 Å². The second-order valence-electron chi connectivity index (χ2n) is 4.75. The highest BCUT2D eigenvalue weighted by Crippen LogP contribution is 2.28. The van der Waals surface area contributed by atoms with Crippen LogP contribution in [0, 0.1) is 13.8 Å². The first-order valence-electron chi connectivity index (χ1n) is 6.09. The predicted octanol–water partition coefficient (Wildman–Crippen LogP) is 3.21. The second-order valence-corrected chi connectivity index (χ2v) is 5.19. The third-order valence-corrected chi connectivity index (χ3v) is 3.76. The van der Waals surface area contributed by atoms with Gasteiger partial charge in [-0.3, -0.25) is 4.79 Å². The van der Waals surface area contributed by atoms with Crippen molar-refractivity contribution in [1.29, 1.82) is 0 Å². The highest BCUT2D eigenvalue weighted by atomic mass is 35.5. The fourth-order valence-corrected chi connectivity index (χ4v) is 2.64. The number of rotatable bonds is 2. The number of nitrogens with zero attached hydrogens (tertiary/aromatic N) is 1. The number of benzene rings is 1. The lowest BCUT2D eigenvalue weighted by Gasteiger charge is -2.20. The molecule has 1 aromatic carbocycles. The van der Waals surface area contributed by atoms with Gasteiger partial charge >= 0.3 is 0 Å². The molecule has 1 atom stereocenters. The minimum atomic E-state index is -0.534. The molecule has 0 saturated carbocycles. The van der Waals surface area contributed by atoms with Crippen molar-refractivity contribution < 1.29 is 4.79 Å². The van der Waals surface area contributed by atoms with E-state index in [0.717, 1.165) is 42.6 Å². The lowest BCUT2D eigenvalue weighted by Crippen LogP contribution is -2.30. The lowest BCUT2D eigenvalue weighted by molar-refractivity contribution is -0.129. The maximum Gasteiger partial charge on any atom is 0.245 e. The van der Waals surface area contributed by atoms with Crippen LogP contribution in [-0.2, 0) is 4.79 Å². The van der Waals surface area contributed by atoms with Gasteiger partial charge in [0.1, 0.15) is 5.38 Å². The van der Waals surface area contributed by atoms with Crippen molar-refractivity contribution in [2.75, 3.05) is 13.1 Å². The Morgan fingerprint density at radius 3 is 2.59 bits per heavy atom. The molecule has 17 heavy (non-hydrogen) atoms. The molecule has 0 bridgehead atoms. The highest BCUT2D eigenvalue weighted by molar-refractivity contribution is 6.30. The molecule has 1 heterocycles. The van der Waals surface area contributed by atoms with Crippen molar-refractivity contribution in [2.24, 2.45) is 0 Å². The molecule has 1 saturated heterocycles. The van der Waals surface area contributed by atoms with Crippen LogP contribution in [0.3, 0.4) is 0 Å². The van der Waals surface area contributed by atoms with Crippen molar-refractivity contribution >= 4 is 17.5 Å². The summed E-state index contributed by atoms with van der Waals surface area (Å²) in [6.45, 7) is 5.73. The molecule has 92 valence electrons. The smallest absolute Gasteiger partial charge is 0.245 e. The minimum absolute atomic E-state index is 0.0536. The maximum atomic E-state index is 12.2. The Bertz CT molecular complexity index is 424. The second kappa shape index (κ2) is 5.09. The summed E-state index contributed by atoms with van der Waals surface area (Å²) in [7, 11) is 0.